The van der Waals surface area contributed by atoms with Gasteiger partial charge in [0.2, 0.25) is 10.0 Å². The second-order valence-corrected chi connectivity index (χ2v) is 5.48. The number of alkyl halides is 1. The van der Waals surface area contributed by atoms with Crippen LogP contribution in [0.15, 0.2) is 16.8 Å². The Kier molecular flexibility index (Phi) is 4.02. The van der Waals surface area contributed by atoms with E-state index in [9.17, 15) is 8.42 Å². The lowest BCUT2D eigenvalue weighted by Gasteiger charge is -2.03. The zero-order valence-corrected chi connectivity index (χ0v) is 9.25. The van der Waals surface area contributed by atoms with E-state index in [1.165, 1.54) is 11.3 Å². The number of hydrogen-bond donors (Lipinski definition) is 1. The summed E-state index contributed by atoms with van der Waals surface area (Å²) >= 11 is 6.85. The van der Waals surface area contributed by atoms with Crippen molar-refractivity contribution in [3.05, 3.63) is 16.8 Å². The third-order valence-electron chi connectivity index (χ3n) is 1.34. The molecule has 0 atom stereocenters. The summed E-state index contributed by atoms with van der Waals surface area (Å²) in [7, 11) is -3.19. The third-order valence-corrected chi connectivity index (χ3v) is 3.66. The molecule has 1 N–H and O–H groups in total. The Morgan fingerprint density at radius 2 is 2.31 bits per heavy atom. The lowest BCUT2D eigenvalue weighted by atomic mass is 10.6. The van der Waals surface area contributed by atoms with Gasteiger partial charge in [0.25, 0.3) is 0 Å². The van der Waals surface area contributed by atoms with E-state index >= 15 is 0 Å². The maximum Gasteiger partial charge on any atom is 0.232 e. The average Bonchev–Trinajstić information content (AvgIpc) is 2.52. The molecule has 0 bridgehead atoms. The lowest BCUT2D eigenvalue weighted by Crippen LogP contribution is -2.16. The van der Waals surface area contributed by atoms with Gasteiger partial charge in [-0.15, -0.1) is 11.6 Å². The summed E-state index contributed by atoms with van der Waals surface area (Å²) in [6, 6.07) is 1.73. The molecule has 0 aliphatic carbocycles. The van der Waals surface area contributed by atoms with E-state index in [-0.39, 0.29) is 5.75 Å². The Morgan fingerprint density at radius 3 is 2.85 bits per heavy atom. The quantitative estimate of drug-likeness (QED) is 0.801. The number of sulfonamides is 1. The molecular formula is C7H10ClNO2S2. The molecule has 0 aliphatic rings. The molecule has 0 spiro atoms. The van der Waals surface area contributed by atoms with Crippen LogP contribution in [0, 0.1) is 0 Å². The first kappa shape index (κ1) is 10.8. The van der Waals surface area contributed by atoms with E-state index in [4.69, 9.17) is 11.6 Å². The molecule has 1 aromatic rings. The topological polar surface area (TPSA) is 46.2 Å². The van der Waals surface area contributed by atoms with E-state index < -0.39 is 10.0 Å². The van der Waals surface area contributed by atoms with Gasteiger partial charge in [0.15, 0.2) is 0 Å². The van der Waals surface area contributed by atoms with Crippen LogP contribution in [-0.4, -0.2) is 20.1 Å². The van der Waals surface area contributed by atoms with E-state index in [2.05, 4.69) is 4.72 Å². The molecule has 0 radical (unpaired) electrons. The van der Waals surface area contributed by atoms with Crippen LogP contribution in [0.25, 0.3) is 0 Å². The van der Waals surface area contributed by atoms with Crippen molar-refractivity contribution >= 4 is 38.6 Å². The minimum Gasteiger partial charge on any atom is -0.283 e. The van der Waals surface area contributed by atoms with Crippen LogP contribution >= 0.6 is 22.9 Å². The summed E-state index contributed by atoms with van der Waals surface area (Å²) in [4.78, 5) is 0. The largest absolute Gasteiger partial charge is 0.283 e. The highest BCUT2D eigenvalue weighted by Gasteiger charge is 2.09. The van der Waals surface area contributed by atoms with Crippen LogP contribution in [0.3, 0.4) is 0 Å². The highest BCUT2D eigenvalue weighted by Crippen LogP contribution is 2.13. The number of thiophene rings is 1. The number of halogens is 1. The van der Waals surface area contributed by atoms with E-state index in [1.54, 1.807) is 11.4 Å². The van der Waals surface area contributed by atoms with E-state index in [0.717, 1.165) is 0 Å². The molecule has 13 heavy (non-hydrogen) atoms. The summed E-state index contributed by atoms with van der Waals surface area (Å²) in [5, 5.41) is 3.57. The van der Waals surface area contributed by atoms with Crippen molar-refractivity contribution in [1.29, 1.82) is 0 Å². The average molecular weight is 240 g/mol. The molecule has 6 heteroatoms. The highest BCUT2D eigenvalue weighted by molar-refractivity contribution is 7.92. The maximum absolute atomic E-state index is 11.3. The minimum absolute atomic E-state index is 0.0757. The molecule has 1 aromatic heterocycles. The summed E-state index contributed by atoms with van der Waals surface area (Å²) in [5.41, 5.74) is 0.625. The van der Waals surface area contributed by atoms with Gasteiger partial charge < -0.3 is 0 Å². The molecular weight excluding hydrogens is 230 g/mol. The van der Waals surface area contributed by atoms with Crippen molar-refractivity contribution < 1.29 is 8.42 Å². The van der Waals surface area contributed by atoms with Gasteiger partial charge in [-0.25, -0.2) is 8.42 Å². The first-order valence-corrected chi connectivity index (χ1v) is 6.86. The molecule has 0 unspecified atom stereocenters. The lowest BCUT2D eigenvalue weighted by molar-refractivity contribution is 0.600. The summed E-state index contributed by atoms with van der Waals surface area (Å²) < 4.78 is 25.0. The SMILES string of the molecule is O=S(=O)(CCCCl)Nc1ccsc1. The standard InChI is InChI=1S/C7H10ClNO2S2/c8-3-1-5-13(10,11)9-7-2-4-12-6-7/h2,4,6,9H,1,3,5H2. The Hall–Kier alpha value is -0.260. The van der Waals surface area contributed by atoms with E-state index in [0.29, 0.717) is 18.0 Å². The molecule has 0 fully saturated rings. The number of hydrogen-bond acceptors (Lipinski definition) is 3. The zero-order valence-electron chi connectivity index (χ0n) is 6.86. The fraction of sp³-hybridized carbons (Fsp3) is 0.429. The molecule has 1 rings (SSSR count). The van der Waals surface area contributed by atoms with Gasteiger partial charge in [-0.2, -0.15) is 11.3 Å². The fourth-order valence-electron chi connectivity index (χ4n) is 0.798. The Balaban J connectivity index is 2.53. The predicted molar refractivity (Wildman–Crippen MR) is 57.1 cm³/mol. The van der Waals surface area contributed by atoms with Crippen molar-refractivity contribution in [2.24, 2.45) is 0 Å². The zero-order chi connectivity index (χ0) is 9.73. The molecule has 74 valence electrons. The smallest absolute Gasteiger partial charge is 0.232 e. The van der Waals surface area contributed by atoms with Crippen molar-refractivity contribution in [2.75, 3.05) is 16.4 Å². The van der Waals surface area contributed by atoms with Gasteiger partial charge in [0.1, 0.15) is 0 Å². The molecule has 0 amide bonds. The maximum atomic E-state index is 11.3. The predicted octanol–water partition coefficient (Wildman–Crippen LogP) is 2.12. The van der Waals surface area contributed by atoms with Gasteiger partial charge in [-0.05, 0) is 17.9 Å². The first-order chi connectivity index (χ1) is 6.14. The van der Waals surface area contributed by atoms with Crippen LogP contribution in [0.4, 0.5) is 5.69 Å². The normalized spacial score (nSPS) is 11.5. The van der Waals surface area contributed by atoms with Crippen LogP contribution in [-0.2, 0) is 10.0 Å². The van der Waals surface area contributed by atoms with Crippen LogP contribution in [0.2, 0.25) is 0 Å². The van der Waals surface area contributed by atoms with Gasteiger partial charge in [-0.1, -0.05) is 0 Å². The van der Waals surface area contributed by atoms with Gasteiger partial charge in [0.05, 0.1) is 11.4 Å². The Bertz CT molecular complexity index is 333. The fourth-order valence-corrected chi connectivity index (χ4v) is 2.86. The first-order valence-electron chi connectivity index (χ1n) is 3.73. The Morgan fingerprint density at radius 1 is 1.54 bits per heavy atom. The van der Waals surface area contributed by atoms with Crippen LogP contribution in [0.1, 0.15) is 6.42 Å². The van der Waals surface area contributed by atoms with Crippen LogP contribution < -0.4 is 4.72 Å². The third kappa shape index (κ3) is 3.97. The number of anilines is 1. The van der Waals surface area contributed by atoms with E-state index in [1.807, 2.05) is 5.38 Å². The second kappa shape index (κ2) is 4.83. The molecule has 0 saturated heterocycles. The monoisotopic (exact) mass is 239 g/mol. The van der Waals surface area contributed by atoms with Crippen molar-refractivity contribution in [1.82, 2.24) is 0 Å². The minimum atomic E-state index is -3.19. The van der Waals surface area contributed by atoms with Gasteiger partial charge in [-0.3, -0.25) is 4.72 Å². The molecule has 0 saturated carbocycles. The van der Waals surface area contributed by atoms with Crippen molar-refractivity contribution in [3.63, 3.8) is 0 Å². The molecule has 0 aliphatic heterocycles. The molecule has 0 aromatic carbocycles. The van der Waals surface area contributed by atoms with Crippen LogP contribution in [0.5, 0.6) is 0 Å². The van der Waals surface area contributed by atoms with Crippen molar-refractivity contribution in [3.8, 4) is 0 Å². The Labute approximate surface area is 86.8 Å². The van der Waals surface area contributed by atoms with Gasteiger partial charge >= 0.3 is 0 Å². The second-order valence-electron chi connectivity index (χ2n) is 2.48. The summed E-state index contributed by atoms with van der Waals surface area (Å²) in [5.74, 6) is 0.441. The number of rotatable bonds is 5. The molecule has 3 nitrogen and oxygen atoms in total. The van der Waals surface area contributed by atoms with Gasteiger partial charge in [0, 0.05) is 11.3 Å². The number of nitrogens with one attached hydrogen (secondary N) is 1. The summed E-state index contributed by atoms with van der Waals surface area (Å²) in [6.45, 7) is 0. The van der Waals surface area contributed by atoms with Crippen molar-refractivity contribution in [2.45, 2.75) is 6.42 Å². The highest BCUT2D eigenvalue weighted by atomic mass is 35.5. The molecule has 1 heterocycles. The summed E-state index contributed by atoms with van der Waals surface area (Å²) in [6.07, 6.45) is 0.473.